The van der Waals surface area contributed by atoms with Gasteiger partial charge in [0.05, 0.1) is 6.54 Å². The van der Waals surface area contributed by atoms with E-state index in [0.717, 1.165) is 24.3 Å². The molecule has 112 valence electrons. The van der Waals surface area contributed by atoms with E-state index in [9.17, 15) is 4.79 Å². The van der Waals surface area contributed by atoms with Gasteiger partial charge in [-0.05, 0) is 30.4 Å². The Balaban J connectivity index is 2.59. The fourth-order valence-electron chi connectivity index (χ4n) is 2.34. The van der Waals surface area contributed by atoms with Crippen LogP contribution in [0.1, 0.15) is 33.3 Å². The lowest BCUT2D eigenvalue weighted by Gasteiger charge is -2.25. The number of nitrogens with one attached hydrogen (secondary N) is 1. The van der Waals surface area contributed by atoms with Crippen LogP contribution < -0.4 is 5.32 Å². The number of benzene rings is 1. The molecule has 0 aliphatic heterocycles. The van der Waals surface area contributed by atoms with Crippen molar-refractivity contribution < 1.29 is 4.79 Å². The van der Waals surface area contributed by atoms with Gasteiger partial charge in [-0.2, -0.15) is 0 Å². The number of carbonyl (C=O) groups is 1. The average molecular weight is 276 g/mol. The van der Waals surface area contributed by atoms with Crippen molar-refractivity contribution in [3.05, 3.63) is 29.8 Å². The molecular formula is C17H28N2O. The standard InChI is InChI=1S/C17H28N2O/c1-13(2)10-19(11-14(3)4)12-17(20)18-16-9-7-6-8-15(16)5/h6-9,13-14H,10-12H2,1-5H3,(H,18,20). The Morgan fingerprint density at radius 3 is 2.15 bits per heavy atom. The zero-order valence-corrected chi connectivity index (χ0v) is 13.4. The van der Waals surface area contributed by atoms with E-state index in [0.29, 0.717) is 18.4 Å². The summed E-state index contributed by atoms with van der Waals surface area (Å²) < 4.78 is 0. The molecule has 3 nitrogen and oxygen atoms in total. The van der Waals surface area contributed by atoms with Crippen molar-refractivity contribution >= 4 is 11.6 Å². The second-order valence-electron chi connectivity index (χ2n) is 6.34. The number of amides is 1. The van der Waals surface area contributed by atoms with E-state index in [2.05, 4.69) is 37.9 Å². The zero-order chi connectivity index (χ0) is 15.1. The molecule has 0 spiro atoms. The van der Waals surface area contributed by atoms with Gasteiger partial charge < -0.3 is 5.32 Å². The minimum Gasteiger partial charge on any atom is -0.325 e. The summed E-state index contributed by atoms with van der Waals surface area (Å²) >= 11 is 0. The Hall–Kier alpha value is -1.35. The molecule has 1 aromatic rings. The molecule has 0 atom stereocenters. The minimum absolute atomic E-state index is 0.0700. The Kier molecular flexibility index (Phi) is 6.73. The van der Waals surface area contributed by atoms with Crippen LogP contribution in [0, 0.1) is 18.8 Å². The van der Waals surface area contributed by atoms with Crippen molar-refractivity contribution in [3.8, 4) is 0 Å². The maximum atomic E-state index is 12.2. The maximum Gasteiger partial charge on any atom is 0.238 e. The Morgan fingerprint density at radius 1 is 1.10 bits per heavy atom. The lowest BCUT2D eigenvalue weighted by atomic mass is 10.1. The number of carbonyl (C=O) groups excluding carboxylic acids is 1. The van der Waals surface area contributed by atoms with Crippen molar-refractivity contribution in [1.82, 2.24) is 4.90 Å². The second kappa shape index (κ2) is 8.05. The summed E-state index contributed by atoms with van der Waals surface area (Å²) in [5.41, 5.74) is 2.01. The molecular weight excluding hydrogens is 248 g/mol. The monoisotopic (exact) mass is 276 g/mol. The highest BCUT2D eigenvalue weighted by Crippen LogP contribution is 2.13. The van der Waals surface area contributed by atoms with Gasteiger partial charge in [0.1, 0.15) is 0 Å². The van der Waals surface area contributed by atoms with Crippen LogP contribution >= 0.6 is 0 Å². The molecule has 0 aliphatic rings. The first-order valence-electron chi connectivity index (χ1n) is 7.46. The summed E-state index contributed by atoms with van der Waals surface area (Å²) in [5.74, 6) is 1.21. The van der Waals surface area contributed by atoms with E-state index in [1.165, 1.54) is 0 Å². The largest absolute Gasteiger partial charge is 0.325 e. The number of para-hydroxylation sites is 1. The van der Waals surface area contributed by atoms with Gasteiger partial charge in [-0.15, -0.1) is 0 Å². The van der Waals surface area contributed by atoms with Crippen LogP contribution in [-0.2, 0) is 4.79 Å². The zero-order valence-electron chi connectivity index (χ0n) is 13.4. The molecule has 1 amide bonds. The first-order valence-corrected chi connectivity index (χ1v) is 7.46. The molecule has 20 heavy (non-hydrogen) atoms. The molecule has 0 heterocycles. The van der Waals surface area contributed by atoms with Gasteiger partial charge in [-0.25, -0.2) is 0 Å². The van der Waals surface area contributed by atoms with Crippen molar-refractivity contribution in [2.45, 2.75) is 34.6 Å². The van der Waals surface area contributed by atoms with Crippen molar-refractivity contribution in [3.63, 3.8) is 0 Å². The van der Waals surface area contributed by atoms with Gasteiger partial charge in [0.2, 0.25) is 5.91 Å². The number of anilines is 1. The topological polar surface area (TPSA) is 32.3 Å². The van der Waals surface area contributed by atoms with E-state index < -0.39 is 0 Å². The van der Waals surface area contributed by atoms with Crippen LogP contribution in [0.5, 0.6) is 0 Å². The minimum atomic E-state index is 0.0700. The van der Waals surface area contributed by atoms with Crippen molar-refractivity contribution in [2.75, 3.05) is 25.0 Å². The molecule has 0 fully saturated rings. The van der Waals surface area contributed by atoms with Crippen molar-refractivity contribution in [2.24, 2.45) is 11.8 Å². The van der Waals surface area contributed by atoms with Gasteiger partial charge in [0.15, 0.2) is 0 Å². The quantitative estimate of drug-likeness (QED) is 0.826. The second-order valence-corrected chi connectivity index (χ2v) is 6.34. The van der Waals surface area contributed by atoms with E-state index in [-0.39, 0.29) is 5.91 Å². The molecule has 0 bridgehead atoms. The fourth-order valence-corrected chi connectivity index (χ4v) is 2.34. The highest BCUT2D eigenvalue weighted by Gasteiger charge is 2.14. The molecule has 1 rings (SSSR count). The molecule has 0 aromatic heterocycles. The summed E-state index contributed by atoms with van der Waals surface area (Å²) in [7, 11) is 0. The van der Waals surface area contributed by atoms with E-state index in [4.69, 9.17) is 0 Å². The summed E-state index contributed by atoms with van der Waals surface area (Å²) in [4.78, 5) is 14.4. The third-order valence-corrected chi connectivity index (χ3v) is 3.03. The maximum absolute atomic E-state index is 12.2. The number of hydrogen-bond donors (Lipinski definition) is 1. The summed E-state index contributed by atoms with van der Waals surface area (Å²) in [5, 5.41) is 3.01. The third kappa shape index (κ3) is 6.20. The average Bonchev–Trinajstić information content (AvgIpc) is 2.30. The highest BCUT2D eigenvalue weighted by molar-refractivity contribution is 5.92. The van der Waals surface area contributed by atoms with Crippen LogP contribution in [0.2, 0.25) is 0 Å². The molecule has 1 aromatic carbocycles. The normalized spacial score (nSPS) is 11.4. The predicted molar refractivity (Wildman–Crippen MR) is 85.9 cm³/mol. The van der Waals surface area contributed by atoms with E-state index in [1.54, 1.807) is 0 Å². The van der Waals surface area contributed by atoms with Gasteiger partial charge in [0.25, 0.3) is 0 Å². The Bertz CT molecular complexity index is 417. The molecule has 0 saturated heterocycles. The summed E-state index contributed by atoms with van der Waals surface area (Å²) in [6.07, 6.45) is 0. The van der Waals surface area contributed by atoms with E-state index in [1.807, 2.05) is 31.2 Å². The fraction of sp³-hybridized carbons (Fsp3) is 0.588. The first kappa shape index (κ1) is 16.7. The Labute approximate surface area is 123 Å². The summed E-state index contributed by atoms with van der Waals surface area (Å²) in [6, 6.07) is 7.88. The molecule has 0 saturated carbocycles. The molecule has 0 unspecified atom stereocenters. The number of rotatable bonds is 7. The molecule has 1 N–H and O–H groups in total. The number of aryl methyl sites for hydroxylation is 1. The van der Waals surface area contributed by atoms with Crippen LogP contribution in [-0.4, -0.2) is 30.4 Å². The predicted octanol–water partition coefficient (Wildman–Crippen LogP) is 3.55. The number of nitrogens with zero attached hydrogens (tertiary/aromatic N) is 1. The van der Waals surface area contributed by atoms with Crippen molar-refractivity contribution in [1.29, 1.82) is 0 Å². The van der Waals surface area contributed by atoms with Crippen LogP contribution in [0.15, 0.2) is 24.3 Å². The van der Waals surface area contributed by atoms with E-state index >= 15 is 0 Å². The SMILES string of the molecule is Cc1ccccc1NC(=O)CN(CC(C)C)CC(C)C. The lowest BCUT2D eigenvalue weighted by Crippen LogP contribution is -2.38. The van der Waals surface area contributed by atoms with Gasteiger partial charge in [0, 0.05) is 18.8 Å². The molecule has 0 aliphatic carbocycles. The van der Waals surface area contributed by atoms with Crippen LogP contribution in [0.25, 0.3) is 0 Å². The number of hydrogen-bond acceptors (Lipinski definition) is 2. The first-order chi connectivity index (χ1) is 9.38. The molecule has 3 heteroatoms. The van der Waals surface area contributed by atoms with Crippen LogP contribution in [0.4, 0.5) is 5.69 Å². The lowest BCUT2D eigenvalue weighted by molar-refractivity contribution is -0.117. The molecule has 0 radical (unpaired) electrons. The van der Waals surface area contributed by atoms with Gasteiger partial charge >= 0.3 is 0 Å². The highest BCUT2D eigenvalue weighted by atomic mass is 16.2. The van der Waals surface area contributed by atoms with Gasteiger partial charge in [-0.3, -0.25) is 9.69 Å². The van der Waals surface area contributed by atoms with Gasteiger partial charge in [-0.1, -0.05) is 45.9 Å². The van der Waals surface area contributed by atoms with Crippen LogP contribution in [0.3, 0.4) is 0 Å². The summed E-state index contributed by atoms with van der Waals surface area (Å²) in [6.45, 7) is 13.1. The third-order valence-electron chi connectivity index (χ3n) is 3.03. The Morgan fingerprint density at radius 2 is 1.65 bits per heavy atom. The smallest absolute Gasteiger partial charge is 0.238 e.